The normalized spacial score (nSPS) is 15.3. The van der Waals surface area contributed by atoms with Gasteiger partial charge >= 0.3 is 0 Å². The SMILES string of the molecule is Cc1cc2c(c(C)c1N1c3cc(C(C)(C)C)cc4c3B(c3cc(C(C)(C)C)ccc3N4c3ccc(C(C)(C)C)cc3)c3oc4ccc(C(C)(C)C)cc4c31)OCCCO2. The number of furan rings is 1. The molecule has 59 heavy (non-hydrogen) atoms. The number of rotatable bonds is 2. The molecule has 3 aliphatic heterocycles. The Hall–Kier alpha value is -5.10. The molecule has 0 radical (unpaired) electrons. The minimum atomic E-state index is -0.144. The monoisotopic (exact) mass is 784 g/mol. The van der Waals surface area contributed by atoms with Gasteiger partial charge in [-0.3, -0.25) is 0 Å². The lowest BCUT2D eigenvalue weighted by atomic mass is 9.35. The molecule has 0 saturated carbocycles. The molecule has 0 amide bonds. The lowest BCUT2D eigenvalue weighted by molar-refractivity contribution is 0.296. The van der Waals surface area contributed by atoms with E-state index >= 15 is 0 Å². The topological polar surface area (TPSA) is 38.1 Å². The third-order valence-corrected chi connectivity index (χ3v) is 12.9. The van der Waals surface area contributed by atoms with Gasteiger partial charge in [-0.15, -0.1) is 0 Å². The molecule has 6 aromatic rings. The van der Waals surface area contributed by atoms with E-state index < -0.39 is 0 Å². The number of anilines is 6. The average molecular weight is 785 g/mol. The van der Waals surface area contributed by atoms with Crippen molar-refractivity contribution in [3.63, 3.8) is 0 Å². The van der Waals surface area contributed by atoms with Crippen LogP contribution in [0.25, 0.3) is 11.0 Å². The Morgan fingerprint density at radius 1 is 0.542 bits per heavy atom. The zero-order valence-corrected chi connectivity index (χ0v) is 37.8. The standard InChI is InChI=1S/C53H61BN2O3/c1-31-26-44-48(58-25-15-24-57-44)32(2)46(31)56-42-30-36(53(12,13)14)29-41-45(42)54(49-47(56)38-27-34(51(6,7)8)19-23-43(38)59-49)39-28-35(52(9,10)11)18-22-40(39)55(41)37-20-16-33(17-21-37)50(3,4)5/h16-23,26-30H,15,24-25H2,1-14H3. The number of hydrogen-bond acceptors (Lipinski definition) is 5. The van der Waals surface area contributed by atoms with Crippen molar-refractivity contribution in [3.05, 3.63) is 112 Å². The average Bonchev–Trinajstić information content (AvgIpc) is 3.36. The van der Waals surface area contributed by atoms with Crippen molar-refractivity contribution in [2.45, 2.75) is 125 Å². The third-order valence-electron chi connectivity index (χ3n) is 12.9. The molecule has 3 aliphatic rings. The minimum Gasteiger partial charge on any atom is -0.490 e. The van der Waals surface area contributed by atoms with Crippen molar-refractivity contribution in [1.29, 1.82) is 0 Å². The Kier molecular flexibility index (Phi) is 8.81. The lowest BCUT2D eigenvalue weighted by Gasteiger charge is -2.44. The first kappa shape index (κ1) is 39.4. The van der Waals surface area contributed by atoms with E-state index in [1.807, 2.05) is 0 Å². The molecule has 0 atom stereocenters. The quantitative estimate of drug-likeness (QED) is 0.163. The lowest BCUT2D eigenvalue weighted by Crippen LogP contribution is -2.61. The molecule has 5 aromatic carbocycles. The Morgan fingerprint density at radius 3 is 1.76 bits per heavy atom. The van der Waals surface area contributed by atoms with Crippen LogP contribution >= 0.6 is 0 Å². The van der Waals surface area contributed by atoms with Crippen LogP contribution < -0.4 is 35.9 Å². The first-order valence-electron chi connectivity index (χ1n) is 21.6. The van der Waals surface area contributed by atoms with Gasteiger partial charge in [0.25, 0.3) is 6.71 Å². The first-order chi connectivity index (χ1) is 27.6. The summed E-state index contributed by atoms with van der Waals surface area (Å²) in [5.74, 6) is 1.65. The molecule has 0 spiro atoms. The van der Waals surface area contributed by atoms with Gasteiger partial charge in [0, 0.05) is 40.1 Å². The molecular formula is C53H61BN2O3. The van der Waals surface area contributed by atoms with E-state index in [9.17, 15) is 0 Å². The van der Waals surface area contributed by atoms with Crippen molar-refractivity contribution in [3.8, 4) is 11.5 Å². The molecule has 5 nitrogen and oxygen atoms in total. The van der Waals surface area contributed by atoms with E-state index in [2.05, 4.69) is 186 Å². The second-order valence-corrected chi connectivity index (χ2v) is 21.4. The van der Waals surface area contributed by atoms with Crippen LogP contribution in [-0.2, 0) is 21.7 Å². The molecule has 0 aliphatic carbocycles. The zero-order valence-electron chi connectivity index (χ0n) is 37.8. The van der Waals surface area contributed by atoms with Gasteiger partial charge in [0.05, 0.1) is 30.2 Å². The maximum Gasteiger partial charge on any atom is 0.297 e. The Morgan fingerprint density at radius 2 is 1.12 bits per heavy atom. The molecule has 0 N–H and O–H groups in total. The molecule has 304 valence electrons. The molecule has 9 rings (SSSR count). The summed E-state index contributed by atoms with van der Waals surface area (Å²) >= 11 is 0. The fourth-order valence-corrected chi connectivity index (χ4v) is 9.44. The van der Waals surface area contributed by atoms with Crippen LogP contribution in [0.1, 0.15) is 123 Å². The highest BCUT2D eigenvalue weighted by atomic mass is 16.5. The van der Waals surface area contributed by atoms with Gasteiger partial charge in [-0.25, -0.2) is 0 Å². The van der Waals surface area contributed by atoms with Crippen molar-refractivity contribution in [2.24, 2.45) is 0 Å². The van der Waals surface area contributed by atoms with Crippen LogP contribution in [0.3, 0.4) is 0 Å². The second kappa shape index (κ2) is 13.2. The van der Waals surface area contributed by atoms with Crippen molar-refractivity contribution < 1.29 is 13.9 Å². The number of nitrogens with zero attached hydrogens (tertiary/aromatic N) is 2. The van der Waals surface area contributed by atoms with Crippen LogP contribution in [0.2, 0.25) is 0 Å². The summed E-state index contributed by atoms with van der Waals surface area (Å²) in [6, 6.07) is 30.4. The maximum atomic E-state index is 7.33. The van der Waals surface area contributed by atoms with E-state index in [1.54, 1.807) is 0 Å². The van der Waals surface area contributed by atoms with Crippen LogP contribution in [0.5, 0.6) is 11.5 Å². The molecular weight excluding hydrogens is 723 g/mol. The predicted molar refractivity (Wildman–Crippen MR) is 250 cm³/mol. The second-order valence-electron chi connectivity index (χ2n) is 21.4. The Labute approximate surface area is 352 Å². The van der Waals surface area contributed by atoms with Crippen molar-refractivity contribution >= 4 is 68.4 Å². The van der Waals surface area contributed by atoms with Gasteiger partial charge < -0.3 is 23.7 Å². The first-order valence-corrected chi connectivity index (χ1v) is 21.6. The smallest absolute Gasteiger partial charge is 0.297 e. The number of fused-ring (bicyclic) bond motifs is 7. The fraction of sp³-hybridized carbons (Fsp3) is 0.396. The highest BCUT2D eigenvalue weighted by Gasteiger charge is 2.48. The molecule has 0 unspecified atom stereocenters. The molecule has 1 aromatic heterocycles. The summed E-state index contributed by atoms with van der Waals surface area (Å²) in [7, 11) is 0. The highest BCUT2D eigenvalue weighted by molar-refractivity contribution is 7.00. The summed E-state index contributed by atoms with van der Waals surface area (Å²) in [5.41, 5.74) is 18.5. The molecule has 4 heterocycles. The number of aryl methyl sites for hydroxylation is 1. The van der Waals surface area contributed by atoms with Crippen LogP contribution in [0, 0.1) is 13.8 Å². The number of ether oxygens (including phenoxy) is 2. The van der Waals surface area contributed by atoms with Gasteiger partial charge in [0.1, 0.15) is 5.58 Å². The van der Waals surface area contributed by atoms with Gasteiger partial charge in [-0.2, -0.15) is 0 Å². The highest BCUT2D eigenvalue weighted by Crippen LogP contribution is 2.52. The largest absolute Gasteiger partial charge is 0.490 e. The maximum absolute atomic E-state index is 7.33. The molecule has 6 heteroatoms. The van der Waals surface area contributed by atoms with Crippen molar-refractivity contribution in [2.75, 3.05) is 23.0 Å². The summed E-state index contributed by atoms with van der Waals surface area (Å²) in [6.45, 7) is 33.2. The summed E-state index contributed by atoms with van der Waals surface area (Å²) in [6.07, 6.45) is 0.851. The fourth-order valence-electron chi connectivity index (χ4n) is 9.44. The van der Waals surface area contributed by atoms with E-state index in [1.165, 1.54) is 50.2 Å². The van der Waals surface area contributed by atoms with Gasteiger partial charge in [-0.1, -0.05) is 113 Å². The molecule has 0 saturated heterocycles. The Balaban J connectivity index is 1.45. The van der Waals surface area contributed by atoms with E-state index in [-0.39, 0.29) is 28.4 Å². The van der Waals surface area contributed by atoms with Crippen LogP contribution in [0.4, 0.5) is 34.1 Å². The van der Waals surface area contributed by atoms with Gasteiger partial charge in [-0.05, 0) is 123 Å². The summed E-state index contributed by atoms with van der Waals surface area (Å²) < 4.78 is 20.2. The number of benzene rings is 5. The van der Waals surface area contributed by atoms with E-state index in [4.69, 9.17) is 13.9 Å². The number of hydrogen-bond donors (Lipinski definition) is 0. The zero-order chi connectivity index (χ0) is 42.1. The Bertz CT molecular complexity index is 2660. The summed E-state index contributed by atoms with van der Waals surface area (Å²) in [5, 5.41) is 1.13. The van der Waals surface area contributed by atoms with Crippen LogP contribution in [0.15, 0.2) is 83.3 Å². The predicted octanol–water partition coefficient (Wildman–Crippen LogP) is 12.5. The van der Waals surface area contributed by atoms with Gasteiger partial charge in [0.2, 0.25) is 0 Å². The molecule has 0 fully saturated rings. The van der Waals surface area contributed by atoms with Gasteiger partial charge in [0.15, 0.2) is 11.5 Å². The minimum absolute atomic E-state index is 0.0414. The van der Waals surface area contributed by atoms with E-state index in [0.717, 1.165) is 62.7 Å². The summed E-state index contributed by atoms with van der Waals surface area (Å²) in [4.78, 5) is 5.06. The van der Waals surface area contributed by atoms with E-state index in [0.29, 0.717) is 13.2 Å². The van der Waals surface area contributed by atoms with Crippen LogP contribution in [-0.4, -0.2) is 19.9 Å². The molecule has 0 bridgehead atoms. The third kappa shape index (κ3) is 6.35. The van der Waals surface area contributed by atoms with Crippen molar-refractivity contribution in [1.82, 2.24) is 0 Å².